The average molecular weight is 216 g/mol. The van der Waals surface area contributed by atoms with Crippen LogP contribution in [0.5, 0.6) is 0 Å². The maximum atomic E-state index is 11.5. The monoisotopic (exact) mass is 216 g/mol. The first-order valence-electron chi connectivity index (χ1n) is 5.58. The first-order chi connectivity index (χ1) is 6.87. The second-order valence-corrected chi connectivity index (χ2v) is 4.70. The summed E-state index contributed by atoms with van der Waals surface area (Å²) in [6.45, 7) is 10.4. The Hall–Kier alpha value is -0.610. The number of hydroxylamine groups is 1. The van der Waals surface area contributed by atoms with Crippen LogP contribution in [0.25, 0.3) is 0 Å². The molecule has 0 heterocycles. The first-order valence-corrected chi connectivity index (χ1v) is 5.58. The van der Waals surface area contributed by atoms with Crippen LogP contribution >= 0.6 is 0 Å². The average Bonchev–Trinajstić information content (AvgIpc) is 2.13. The number of hydrogen-bond donors (Lipinski definition) is 2. The zero-order chi connectivity index (χ0) is 11.9. The van der Waals surface area contributed by atoms with E-state index < -0.39 is 0 Å². The standard InChI is InChI=1S/C11H24N2O2/c1-6-7-8-12-10(14)9(2)13-15-11(3,4)5/h9,13H,6-8H2,1-5H3,(H,12,14). The Bertz CT molecular complexity index is 188. The van der Waals surface area contributed by atoms with Crippen molar-refractivity contribution in [1.82, 2.24) is 10.8 Å². The zero-order valence-electron chi connectivity index (χ0n) is 10.5. The van der Waals surface area contributed by atoms with Crippen molar-refractivity contribution in [2.45, 2.75) is 59.1 Å². The lowest BCUT2D eigenvalue weighted by molar-refractivity contribution is -0.133. The van der Waals surface area contributed by atoms with E-state index in [1.807, 2.05) is 20.8 Å². The van der Waals surface area contributed by atoms with Gasteiger partial charge in [-0.25, -0.2) is 0 Å². The van der Waals surface area contributed by atoms with Gasteiger partial charge in [0, 0.05) is 6.54 Å². The van der Waals surface area contributed by atoms with E-state index in [0.29, 0.717) is 0 Å². The molecule has 0 rings (SSSR count). The van der Waals surface area contributed by atoms with E-state index in [2.05, 4.69) is 17.7 Å². The molecule has 4 nitrogen and oxygen atoms in total. The lowest BCUT2D eigenvalue weighted by Crippen LogP contribution is -2.45. The third-order valence-corrected chi connectivity index (χ3v) is 1.76. The molecule has 0 bridgehead atoms. The fourth-order valence-electron chi connectivity index (χ4n) is 0.860. The van der Waals surface area contributed by atoms with Crippen molar-refractivity contribution in [1.29, 1.82) is 0 Å². The molecule has 90 valence electrons. The summed E-state index contributed by atoms with van der Waals surface area (Å²) in [5.41, 5.74) is 2.46. The first kappa shape index (κ1) is 14.4. The summed E-state index contributed by atoms with van der Waals surface area (Å²) in [7, 11) is 0. The van der Waals surface area contributed by atoms with Gasteiger partial charge in [0.1, 0.15) is 6.04 Å². The lowest BCUT2D eigenvalue weighted by atomic mass is 10.2. The van der Waals surface area contributed by atoms with Gasteiger partial charge in [0.05, 0.1) is 5.60 Å². The molecule has 0 fully saturated rings. The van der Waals surface area contributed by atoms with Gasteiger partial charge >= 0.3 is 0 Å². The van der Waals surface area contributed by atoms with Crippen LogP contribution in [-0.2, 0) is 9.63 Å². The second-order valence-electron chi connectivity index (χ2n) is 4.70. The molecule has 15 heavy (non-hydrogen) atoms. The van der Waals surface area contributed by atoms with Crippen LogP contribution in [-0.4, -0.2) is 24.1 Å². The highest BCUT2D eigenvalue weighted by molar-refractivity contribution is 5.81. The predicted molar refractivity (Wildman–Crippen MR) is 61.4 cm³/mol. The van der Waals surface area contributed by atoms with E-state index >= 15 is 0 Å². The van der Waals surface area contributed by atoms with Crippen molar-refractivity contribution in [3.8, 4) is 0 Å². The van der Waals surface area contributed by atoms with Gasteiger partial charge in [0.2, 0.25) is 5.91 Å². The molecule has 0 aromatic carbocycles. The van der Waals surface area contributed by atoms with Crippen molar-refractivity contribution in [2.24, 2.45) is 0 Å². The fourth-order valence-corrected chi connectivity index (χ4v) is 0.860. The molecule has 0 aliphatic rings. The SMILES string of the molecule is CCCCNC(=O)C(C)NOC(C)(C)C. The van der Waals surface area contributed by atoms with Crippen LogP contribution in [0.1, 0.15) is 47.5 Å². The quantitative estimate of drug-likeness (QED) is 0.524. The molecule has 0 aliphatic carbocycles. The van der Waals surface area contributed by atoms with Crippen LogP contribution in [0.4, 0.5) is 0 Å². The number of amides is 1. The van der Waals surface area contributed by atoms with Crippen LogP contribution in [0, 0.1) is 0 Å². The van der Waals surface area contributed by atoms with Crippen molar-refractivity contribution in [3.05, 3.63) is 0 Å². The second kappa shape index (κ2) is 6.80. The normalized spacial score (nSPS) is 13.7. The van der Waals surface area contributed by atoms with E-state index in [-0.39, 0.29) is 17.6 Å². The predicted octanol–water partition coefficient (Wildman–Crippen LogP) is 1.61. The van der Waals surface area contributed by atoms with E-state index in [0.717, 1.165) is 19.4 Å². The number of rotatable bonds is 6. The molecular weight excluding hydrogens is 192 g/mol. The van der Waals surface area contributed by atoms with Gasteiger partial charge in [0.15, 0.2) is 0 Å². The Balaban J connectivity index is 3.70. The largest absolute Gasteiger partial charge is 0.355 e. The summed E-state index contributed by atoms with van der Waals surface area (Å²) in [5.74, 6) is -0.0206. The van der Waals surface area contributed by atoms with E-state index in [9.17, 15) is 4.79 Å². The summed E-state index contributed by atoms with van der Waals surface area (Å²) < 4.78 is 0. The third kappa shape index (κ3) is 8.39. The Morgan fingerprint density at radius 3 is 2.47 bits per heavy atom. The molecule has 2 N–H and O–H groups in total. The van der Waals surface area contributed by atoms with Gasteiger partial charge in [-0.1, -0.05) is 13.3 Å². The van der Waals surface area contributed by atoms with Crippen molar-refractivity contribution >= 4 is 5.91 Å². The Morgan fingerprint density at radius 2 is 2.00 bits per heavy atom. The molecule has 0 saturated carbocycles. The topological polar surface area (TPSA) is 50.4 Å². The third-order valence-electron chi connectivity index (χ3n) is 1.76. The minimum Gasteiger partial charge on any atom is -0.355 e. The summed E-state index contributed by atoms with van der Waals surface area (Å²) in [4.78, 5) is 16.8. The fraction of sp³-hybridized carbons (Fsp3) is 0.909. The number of unbranched alkanes of at least 4 members (excludes halogenated alkanes) is 1. The summed E-state index contributed by atoms with van der Waals surface area (Å²) >= 11 is 0. The van der Waals surface area contributed by atoms with Gasteiger partial charge < -0.3 is 5.32 Å². The number of nitrogens with one attached hydrogen (secondary N) is 2. The number of hydrogen-bond acceptors (Lipinski definition) is 3. The van der Waals surface area contributed by atoms with Crippen molar-refractivity contribution < 1.29 is 9.63 Å². The number of carbonyl (C=O) groups excluding carboxylic acids is 1. The molecule has 0 aromatic heterocycles. The van der Waals surface area contributed by atoms with E-state index in [4.69, 9.17) is 4.84 Å². The highest BCUT2D eigenvalue weighted by Gasteiger charge is 2.16. The van der Waals surface area contributed by atoms with Gasteiger partial charge in [0.25, 0.3) is 0 Å². The molecule has 0 aliphatic heterocycles. The molecule has 1 unspecified atom stereocenters. The van der Waals surface area contributed by atoms with Gasteiger partial charge in [-0.05, 0) is 34.1 Å². The van der Waals surface area contributed by atoms with Crippen LogP contribution < -0.4 is 10.8 Å². The highest BCUT2D eigenvalue weighted by atomic mass is 16.7. The minimum atomic E-state index is -0.318. The summed E-state index contributed by atoms with van der Waals surface area (Å²) in [6, 6.07) is -0.318. The Kier molecular flexibility index (Phi) is 6.52. The van der Waals surface area contributed by atoms with Gasteiger partial charge in [-0.3, -0.25) is 9.63 Å². The molecule has 0 aromatic rings. The van der Waals surface area contributed by atoms with Gasteiger partial charge in [-0.15, -0.1) is 0 Å². The smallest absolute Gasteiger partial charge is 0.239 e. The maximum Gasteiger partial charge on any atom is 0.239 e. The lowest BCUT2D eigenvalue weighted by Gasteiger charge is -2.22. The minimum absolute atomic E-state index is 0.0206. The van der Waals surface area contributed by atoms with E-state index in [1.54, 1.807) is 6.92 Å². The summed E-state index contributed by atoms with van der Waals surface area (Å²) in [5, 5.41) is 2.84. The molecule has 0 spiro atoms. The van der Waals surface area contributed by atoms with Gasteiger partial charge in [-0.2, -0.15) is 5.48 Å². The number of carbonyl (C=O) groups is 1. The Morgan fingerprint density at radius 1 is 1.40 bits per heavy atom. The molecule has 0 saturated heterocycles. The Labute approximate surface area is 92.7 Å². The molecule has 1 atom stereocenters. The molecular formula is C11H24N2O2. The van der Waals surface area contributed by atoms with E-state index in [1.165, 1.54) is 0 Å². The highest BCUT2D eigenvalue weighted by Crippen LogP contribution is 2.04. The maximum absolute atomic E-state index is 11.5. The molecule has 1 amide bonds. The molecule has 4 heteroatoms. The van der Waals surface area contributed by atoms with Crippen molar-refractivity contribution in [2.75, 3.05) is 6.54 Å². The van der Waals surface area contributed by atoms with Crippen molar-refractivity contribution in [3.63, 3.8) is 0 Å². The van der Waals surface area contributed by atoms with Crippen LogP contribution in [0.2, 0.25) is 0 Å². The summed E-state index contributed by atoms with van der Waals surface area (Å²) in [6.07, 6.45) is 2.10. The zero-order valence-corrected chi connectivity index (χ0v) is 10.5. The van der Waals surface area contributed by atoms with Crippen LogP contribution in [0.15, 0.2) is 0 Å². The van der Waals surface area contributed by atoms with Crippen LogP contribution in [0.3, 0.4) is 0 Å². The molecule has 0 radical (unpaired) electrons.